The molecular weight excluding hydrogens is 343 g/mol. The number of halogens is 2. The largest absolute Gasteiger partial charge is 0.358 e. The Labute approximate surface area is 150 Å². The van der Waals surface area contributed by atoms with Gasteiger partial charge in [0.1, 0.15) is 0 Å². The number of H-pyrrole nitrogens is 1. The highest BCUT2D eigenvalue weighted by molar-refractivity contribution is 6.42. The topological polar surface area (TPSA) is 44.9 Å². The summed E-state index contributed by atoms with van der Waals surface area (Å²) in [6, 6.07) is 11.5. The fourth-order valence-corrected chi connectivity index (χ4v) is 3.70. The molecule has 0 saturated carbocycles. The van der Waals surface area contributed by atoms with Crippen molar-refractivity contribution in [1.29, 1.82) is 0 Å². The number of rotatable bonds is 2. The van der Waals surface area contributed by atoms with Gasteiger partial charge in [0.25, 0.3) is 5.91 Å². The average molecular weight is 359 g/mol. The molecule has 0 saturated heterocycles. The summed E-state index contributed by atoms with van der Waals surface area (Å²) in [4.78, 5) is 15.9. The molecule has 1 aliphatic carbocycles. The number of aromatic nitrogens is 1. The van der Waals surface area contributed by atoms with Crippen molar-refractivity contribution in [1.82, 2.24) is 10.3 Å². The van der Waals surface area contributed by atoms with Crippen molar-refractivity contribution in [2.45, 2.75) is 25.8 Å². The molecule has 1 atom stereocenters. The average Bonchev–Trinajstić information content (AvgIpc) is 3.07. The summed E-state index contributed by atoms with van der Waals surface area (Å²) in [7, 11) is 0. The van der Waals surface area contributed by atoms with Crippen molar-refractivity contribution in [3.05, 3.63) is 68.8 Å². The van der Waals surface area contributed by atoms with E-state index in [9.17, 15) is 4.79 Å². The molecule has 0 aliphatic heterocycles. The maximum absolute atomic E-state index is 12.4. The predicted molar refractivity (Wildman–Crippen MR) is 98.2 cm³/mol. The first-order chi connectivity index (χ1) is 11.5. The van der Waals surface area contributed by atoms with Crippen LogP contribution in [0.3, 0.4) is 0 Å². The van der Waals surface area contributed by atoms with Crippen LogP contribution in [0.2, 0.25) is 10.0 Å². The van der Waals surface area contributed by atoms with Gasteiger partial charge in [0.15, 0.2) is 0 Å². The lowest BCUT2D eigenvalue weighted by Gasteiger charge is -2.13. The zero-order valence-corrected chi connectivity index (χ0v) is 14.6. The van der Waals surface area contributed by atoms with E-state index < -0.39 is 0 Å². The van der Waals surface area contributed by atoms with Crippen LogP contribution in [0.25, 0.3) is 10.9 Å². The summed E-state index contributed by atoms with van der Waals surface area (Å²) in [5, 5.41) is 5.20. The number of hydrogen-bond acceptors (Lipinski definition) is 1. The molecular formula is C19H16Cl2N2O. The van der Waals surface area contributed by atoms with Crippen molar-refractivity contribution < 1.29 is 4.79 Å². The molecule has 1 amide bonds. The van der Waals surface area contributed by atoms with Crippen molar-refractivity contribution in [2.24, 2.45) is 0 Å². The van der Waals surface area contributed by atoms with Gasteiger partial charge < -0.3 is 10.3 Å². The number of amides is 1. The third kappa shape index (κ3) is 2.68. The summed E-state index contributed by atoms with van der Waals surface area (Å²) >= 11 is 11.9. The smallest absolute Gasteiger partial charge is 0.251 e. The third-order valence-corrected chi connectivity index (χ3v) is 5.31. The van der Waals surface area contributed by atoms with Crippen molar-refractivity contribution in [3.8, 4) is 0 Å². The number of nitrogens with one attached hydrogen (secondary N) is 2. The van der Waals surface area contributed by atoms with Crippen LogP contribution in [0.4, 0.5) is 0 Å². The fourth-order valence-electron chi connectivity index (χ4n) is 3.40. The lowest BCUT2D eigenvalue weighted by Crippen LogP contribution is -2.35. The van der Waals surface area contributed by atoms with E-state index in [4.69, 9.17) is 23.2 Å². The maximum Gasteiger partial charge on any atom is 0.251 e. The second-order valence-electron chi connectivity index (χ2n) is 6.34. The lowest BCUT2D eigenvalue weighted by atomic mass is 10.1. The van der Waals surface area contributed by atoms with Crippen LogP contribution < -0.4 is 5.32 Å². The van der Waals surface area contributed by atoms with Gasteiger partial charge in [-0.15, -0.1) is 0 Å². The quantitative estimate of drug-likeness (QED) is 0.686. The van der Waals surface area contributed by atoms with Gasteiger partial charge in [-0.2, -0.15) is 0 Å². The third-order valence-electron chi connectivity index (χ3n) is 4.57. The second-order valence-corrected chi connectivity index (χ2v) is 7.15. The molecule has 4 rings (SSSR count). The SMILES string of the molecule is Cc1ccc2[nH]c3c(c2c1)CC(NC(=O)c1ccc(Cl)c(Cl)c1)C3. The Morgan fingerprint density at radius 2 is 1.96 bits per heavy atom. The first kappa shape index (κ1) is 15.6. The van der Waals surface area contributed by atoms with Crippen molar-refractivity contribution >= 4 is 40.0 Å². The Morgan fingerprint density at radius 3 is 2.75 bits per heavy atom. The minimum Gasteiger partial charge on any atom is -0.358 e. The second kappa shape index (κ2) is 5.83. The predicted octanol–water partition coefficient (Wildman–Crippen LogP) is 4.68. The molecule has 0 bridgehead atoms. The number of aryl methyl sites for hydroxylation is 1. The molecule has 5 heteroatoms. The van der Waals surface area contributed by atoms with Crippen molar-refractivity contribution in [2.75, 3.05) is 0 Å². The van der Waals surface area contributed by atoms with E-state index in [1.54, 1.807) is 18.2 Å². The summed E-state index contributed by atoms with van der Waals surface area (Å²) in [6.45, 7) is 2.09. The highest BCUT2D eigenvalue weighted by atomic mass is 35.5. The molecule has 2 N–H and O–H groups in total. The maximum atomic E-state index is 12.4. The highest BCUT2D eigenvalue weighted by Gasteiger charge is 2.27. The summed E-state index contributed by atoms with van der Waals surface area (Å²) in [5.41, 5.74) is 5.47. The van der Waals surface area contributed by atoms with Gasteiger partial charge >= 0.3 is 0 Å². The number of benzene rings is 2. The van der Waals surface area contributed by atoms with E-state index in [0.29, 0.717) is 15.6 Å². The molecule has 0 fully saturated rings. The molecule has 1 unspecified atom stereocenters. The van der Waals surface area contributed by atoms with Crippen LogP contribution in [0.5, 0.6) is 0 Å². The van der Waals surface area contributed by atoms with Gasteiger partial charge in [0.2, 0.25) is 0 Å². The Hall–Kier alpha value is -1.97. The Balaban J connectivity index is 1.53. The summed E-state index contributed by atoms with van der Waals surface area (Å²) in [5.74, 6) is -0.121. The number of carbonyl (C=O) groups is 1. The van der Waals surface area contributed by atoms with Crippen molar-refractivity contribution in [3.63, 3.8) is 0 Å². The summed E-state index contributed by atoms with van der Waals surface area (Å²) < 4.78 is 0. The van der Waals surface area contributed by atoms with Gasteiger partial charge in [-0.3, -0.25) is 4.79 Å². The molecule has 1 aromatic heterocycles. The van der Waals surface area contributed by atoms with Crippen LogP contribution in [0.15, 0.2) is 36.4 Å². The number of aromatic amines is 1. The van der Waals surface area contributed by atoms with Crippen LogP contribution in [0.1, 0.15) is 27.2 Å². The zero-order chi connectivity index (χ0) is 16.8. The Morgan fingerprint density at radius 1 is 1.12 bits per heavy atom. The number of carbonyl (C=O) groups excluding carboxylic acids is 1. The molecule has 0 spiro atoms. The molecule has 2 aromatic carbocycles. The Bertz CT molecular complexity index is 961. The molecule has 3 nitrogen and oxygen atoms in total. The summed E-state index contributed by atoms with van der Waals surface area (Å²) in [6.07, 6.45) is 1.65. The van der Waals surface area contributed by atoms with Crippen LogP contribution in [-0.4, -0.2) is 16.9 Å². The van der Waals surface area contributed by atoms with Gasteiger partial charge in [-0.05, 0) is 49.2 Å². The standard InChI is InChI=1S/C19H16Cl2N2O/c1-10-2-5-17-13(6-10)14-8-12(9-18(14)23-17)22-19(24)11-3-4-15(20)16(21)7-11/h2-7,12,23H,8-9H2,1H3,(H,22,24). The zero-order valence-electron chi connectivity index (χ0n) is 13.1. The van der Waals surface area contributed by atoms with Gasteiger partial charge in [-0.25, -0.2) is 0 Å². The van der Waals surface area contributed by atoms with E-state index >= 15 is 0 Å². The Kier molecular flexibility index (Phi) is 3.78. The van der Waals surface area contributed by atoms with E-state index in [0.717, 1.165) is 12.8 Å². The molecule has 3 aromatic rings. The highest BCUT2D eigenvalue weighted by Crippen LogP contribution is 2.31. The first-order valence-corrected chi connectivity index (χ1v) is 8.63. The molecule has 122 valence electrons. The molecule has 1 aliphatic rings. The van der Waals surface area contributed by atoms with E-state index in [2.05, 4.69) is 35.4 Å². The number of fused-ring (bicyclic) bond motifs is 3. The van der Waals surface area contributed by atoms with Gasteiger partial charge in [0, 0.05) is 34.6 Å². The van der Waals surface area contributed by atoms with Gasteiger partial charge in [0.05, 0.1) is 10.0 Å². The fraction of sp³-hybridized carbons (Fsp3) is 0.211. The normalized spacial score (nSPS) is 16.4. The monoisotopic (exact) mass is 358 g/mol. The molecule has 0 radical (unpaired) electrons. The van der Waals surface area contributed by atoms with Crippen LogP contribution in [0, 0.1) is 6.92 Å². The molecule has 1 heterocycles. The van der Waals surface area contributed by atoms with Crippen LogP contribution >= 0.6 is 23.2 Å². The van der Waals surface area contributed by atoms with E-state index in [-0.39, 0.29) is 11.9 Å². The molecule has 24 heavy (non-hydrogen) atoms. The van der Waals surface area contributed by atoms with Gasteiger partial charge in [-0.1, -0.05) is 34.8 Å². The first-order valence-electron chi connectivity index (χ1n) is 7.87. The minimum atomic E-state index is -0.121. The van der Waals surface area contributed by atoms with Crippen LogP contribution in [-0.2, 0) is 12.8 Å². The lowest BCUT2D eigenvalue weighted by molar-refractivity contribution is 0.0938. The van der Waals surface area contributed by atoms with E-state index in [1.165, 1.54) is 27.7 Å². The van der Waals surface area contributed by atoms with E-state index in [1.807, 2.05) is 0 Å². The minimum absolute atomic E-state index is 0.0955. The number of hydrogen-bond donors (Lipinski definition) is 2.